The number of amides is 1. The van der Waals surface area contributed by atoms with Crippen molar-refractivity contribution in [3.05, 3.63) is 69.3 Å². The van der Waals surface area contributed by atoms with Gasteiger partial charge in [-0.05, 0) is 32.0 Å². The summed E-state index contributed by atoms with van der Waals surface area (Å²) in [5, 5.41) is 16.2. The fourth-order valence-corrected chi connectivity index (χ4v) is 3.96. The van der Waals surface area contributed by atoms with Crippen molar-refractivity contribution in [2.75, 3.05) is 12.4 Å². The number of aryl methyl sites for hydroxylation is 1. The highest BCUT2D eigenvalue weighted by molar-refractivity contribution is 7.14. The minimum atomic E-state index is -1.13. The minimum absolute atomic E-state index is 0.00473. The predicted octanol–water partition coefficient (Wildman–Crippen LogP) is 4.97. The van der Waals surface area contributed by atoms with Gasteiger partial charge in [0.25, 0.3) is 11.6 Å². The van der Waals surface area contributed by atoms with Crippen LogP contribution in [0.3, 0.4) is 0 Å². The number of fused-ring (bicyclic) bond motifs is 1. The highest BCUT2D eigenvalue weighted by atomic mass is 32.1. The first kappa shape index (κ1) is 22.9. The summed E-state index contributed by atoms with van der Waals surface area (Å²) >= 11 is 1.14. The third kappa shape index (κ3) is 4.59. The van der Waals surface area contributed by atoms with Gasteiger partial charge in [-0.25, -0.2) is 9.78 Å². The van der Waals surface area contributed by atoms with Crippen LogP contribution in [-0.4, -0.2) is 35.0 Å². The Balaban J connectivity index is 1.43. The highest BCUT2D eigenvalue weighted by Gasteiger charge is 2.25. The lowest BCUT2D eigenvalue weighted by Gasteiger charge is -2.11. The molecule has 10 nitrogen and oxygen atoms in total. The van der Waals surface area contributed by atoms with Crippen molar-refractivity contribution in [2.24, 2.45) is 0 Å². The van der Waals surface area contributed by atoms with Crippen LogP contribution in [0.15, 0.2) is 52.3 Å². The van der Waals surface area contributed by atoms with Crippen molar-refractivity contribution in [1.82, 2.24) is 4.98 Å². The first-order valence-electron chi connectivity index (χ1n) is 10.1. The number of carbonyl (C=O) groups is 2. The van der Waals surface area contributed by atoms with Gasteiger partial charge in [-0.3, -0.25) is 20.2 Å². The van der Waals surface area contributed by atoms with Gasteiger partial charge in [-0.2, -0.15) is 0 Å². The number of nitrogens with one attached hydrogen (secondary N) is 1. The number of thiazole rings is 1. The summed E-state index contributed by atoms with van der Waals surface area (Å²) in [5.74, 6) is -0.724. The molecule has 0 spiro atoms. The van der Waals surface area contributed by atoms with E-state index in [4.69, 9.17) is 13.9 Å². The van der Waals surface area contributed by atoms with E-state index in [1.807, 2.05) is 0 Å². The van der Waals surface area contributed by atoms with Crippen LogP contribution in [0.4, 0.5) is 10.8 Å². The van der Waals surface area contributed by atoms with Crippen LogP contribution in [0.2, 0.25) is 0 Å². The fourth-order valence-electron chi connectivity index (χ4n) is 3.24. The molecule has 4 rings (SSSR count). The Morgan fingerprint density at radius 3 is 2.76 bits per heavy atom. The normalized spacial score (nSPS) is 11.7. The zero-order chi connectivity index (χ0) is 24.4. The van der Waals surface area contributed by atoms with E-state index in [0.717, 1.165) is 11.3 Å². The summed E-state index contributed by atoms with van der Waals surface area (Å²) in [4.78, 5) is 40.0. The molecule has 2 aromatic carbocycles. The van der Waals surface area contributed by atoms with E-state index < -0.39 is 22.9 Å². The third-order valence-electron chi connectivity index (χ3n) is 5.07. The number of hydrogen-bond donors (Lipinski definition) is 1. The summed E-state index contributed by atoms with van der Waals surface area (Å²) < 4.78 is 16.1. The number of anilines is 1. The number of non-ortho nitro benzene ring substituents is 1. The molecule has 0 aliphatic rings. The fraction of sp³-hybridized carbons (Fsp3) is 0.174. The zero-order valence-corrected chi connectivity index (χ0v) is 19.2. The molecule has 1 atom stereocenters. The molecule has 4 aromatic rings. The van der Waals surface area contributed by atoms with Gasteiger partial charge in [0.2, 0.25) is 5.76 Å². The van der Waals surface area contributed by atoms with E-state index in [1.165, 1.54) is 19.1 Å². The monoisotopic (exact) mass is 481 g/mol. The third-order valence-corrected chi connectivity index (χ3v) is 5.83. The van der Waals surface area contributed by atoms with Crippen LogP contribution in [0.1, 0.15) is 23.0 Å². The van der Waals surface area contributed by atoms with E-state index in [1.54, 1.807) is 49.7 Å². The topological polar surface area (TPSA) is 134 Å². The smallest absolute Gasteiger partial charge is 0.375 e. The van der Waals surface area contributed by atoms with Gasteiger partial charge in [0.1, 0.15) is 11.3 Å². The van der Waals surface area contributed by atoms with Gasteiger partial charge in [0.05, 0.1) is 17.7 Å². The zero-order valence-electron chi connectivity index (χ0n) is 18.4. The van der Waals surface area contributed by atoms with E-state index >= 15 is 0 Å². The first-order valence-corrected chi connectivity index (χ1v) is 10.9. The number of carbonyl (C=O) groups excluding carboxylic acids is 2. The quantitative estimate of drug-likeness (QED) is 0.222. The maximum atomic E-state index is 12.6. The van der Waals surface area contributed by atoms with Crippen molar-refractivity contribution in [1.29, 1.82) is 0 Å². The van der Waals surface area contributed by atoms with Crippen molar-refractivity contribution in [2.45, 2.75) is 20.0 Å². The molecule has 0 aliphatic heterocycles. The highest BCUT2D eigenvalue weighted by Crippen LogP contribution is 2.30. The van der Waals surface area contributed by atoms with E-state index in [0.29, 0.717) is 33.5 Å². The molecule has 1 amide bonds. The van der Waals surface area contributed by atoms with Gasteiger partial charge in [-0.1, -0.05) is 12.1 Å². The molecule has 2 heterocycles. The molecule has 2 aromatic heterocycles. The molecule has 0 fully saturated rings. The van der Waals surface area contributed by atoms with Crippen LogP contribution >= 0.6 is 11.3 Å². The second-order valence-corrected chi connectivity index (χ2v) is 8.16. The van der Waals surface area contributed by atoms with Gasteiger partial charge >= 0.3 is 5.97 Å². The molecule has 0 radical (unpaired) electrons. The largest absolute Gasteiger partial charge is 0.497 e. The standard InChI is InChI=1S/C23H19N3O7S/c1-12-17-10-16(31-3)7-8-19(17)33-20(12)22(28)32-13(2)21(27)25-23-24-18(11-34-23)14-5-4-6-15(9-14)26(29)30/h4-11,13H,1-3H3,(H,24,25,27)/t13-/m0/s1. The summed E-state index contributed by atoms with van der Waals surface area (Å²) in [6.07, 6.45) is -1.13. The van der Waals surface area contributed by atoms with Crippen LogP contribution < -0.4 is 10.1 Å². The number of methoxy groups -OCH3 is 1. The summed E-state index contributed by atoms with van der Waals surface area (Å²) in [6, 6.07) is 11.2. The Morgan fingerprint density at radius 1 is 1.24 bits per heavy atom. The molecule has 0 saturated carbocycles. The molecule has 0 saturated heterocycles. The molecule has 11 heteroatoms. The molecule has 0 bridgehead atoms. The molecular weight excluding hydrogens is 462 g/mol. The average molecular weight is 481 g/mol. The van der Waals surface area contributed by atoms with Crippen molar-refractivity contribution >= 4 is 45.0 Å². The lowest BCUT2D eigenvalue weighted by atomic mass is 10.1. The Morgan fingerprint density at radius 2 is 2.03 bits per heavy atom. The van der Waals surface area contributed by atoms with Crippen molar-refractivity contribution in [3.63, 3.8) is 0 Å². The molecular formula is C23H19N3O7S. The van der Waals surface area contributed by atoms with E-state index in [9.17, 15) is 19.7 Å². The lowest BCUT2D eigenvalue weighted by molar-refractivity contribution is -0.384. The number of furan rings is 1. The van der Waals surface area contributed by atoms with Crippen LogP contribution in [0.25, 0.3) is 22.2 Å². The number of nitro groups is 1. The number of nitro benzene ring substituents is 1. The van der Waals surface area contributed by atoms with Gasteiger partial charge in [-0.15, -0.1) is 11.3 Å². The van der Waals surface area contributed by atoms with Crippen LogP contribution in [-0.2, 0) is 9.53 Å². The number of rotatable bonds is 7. The first-order chi connectivity index (χ1) is 16.3. The Kier molecular flexibility index (Phi) is 6.28. The van der Waals surface area contributed by atoms with Gasteiger partial charge < -0.3 is 13.9 Å². The lowest BCUT2D eigenvalue weighted by Crippen LogP contribution is -2.30. The van der Waals surface area contributed by atoms with Crippen LogP contribution in [0.5, 0.6) is 5.75 Å². The Bertz CT molecular complexity index is 1410. The number of nitrogens with zero attached hydrogens (tertiary/aromatic N) is 2. The Labute approximate surface area is 197 Å². The number of esters is 1. The van der Waals surface area contributed by atoms with Crippen LogP contribution in [0, 0.1) is 17.0 Å². The summed E-state index contributed by atoms with van der Waals surface area (Å²) in [5.41, 5.74) is 2.03. The van der Waals surface area contributed by atoms with Crippen molar-refractivity contribution in [3.8, 4) is 17.0 Å². The maximum absolute atomic E-state index is 12.6. The van der Waals surface area contributed by atoms with Gasteiger partial charge in [0.15, 0.2) is 11.2 Å². The molecule has 0 aliphatic carbocycles. The summed E-state index contributed by atoms with van der Waals surface area (Å²) in [7, 11) is 1.54. The Hall–Kier alpha value is -4.25. The van der Waals surface area contributed by atoms with E-state index in [-0.39, 0.29) is 16.6 Å². The molecule has 1 N–H and O–H groups in total. The number of ether oxygens (including phenoxy) is 2. The summed E-state index contributed by atoms with van der Waals surface area (Å²) in [6.45, 7) is 3.15. The number of benzene rings is 2. The molecule has 0 unspecified atom stereocenters. The second-order valence-electron chi connectivity index (χ2n) is 7.30. The SMILES string of the molecule is COc1ccc2oc(C(=O)O[C@@H](C)C(=O)Nc3nc(-c4cccc([N+](=O)[O-])c4)cs3)c(C)c2c1. The number of hydrogen-bond acceptors (Lipinski definition) is 9. The predicted molar refractivity (Wildman–Crippen MR) is 125 cm³/mol. The minimum Gasteiger partial charge on any atom is -0.497 e. The molecule has 34 heavy (non-hydrogen) atoms. The second kappa shape index (κ2) is 9.32. The molecule has 174 valence electrons. The van der Waals surface area contributed by atoms with Gasteiger partial charge in [0, 0.05) is 34.0 Å². The van der Waals surface area contributed by atoms with Crippen molar-refractivity contribution < 1.29 is 28.4 Å². The average Bonchev–Trinajstić information content (AvgIpc) is 3.43. The van der Waals surface area contributed by atoms with E-state index in [2.05, 4.69) is 10.3 Å². The maximum Gasteiger partial charge on any atom is 0.375 e. The number of aromatic nitrogens is 1.